The van der Waals surface area contributed by atoms with Gasteiger partial charge >= 0.3 is 0 Å². The maximum atomic E-state index is 9.99. The van der Waals surface area contributed by atoms with E-state index >= 15 is 0 Å². The third-order valence-corrected chi connectivity index (χ3v) is 7.31. The zero-order chi connectivity index (χ0) is 15.3. The molecule has 0 unspecified atom stereocenters. The van der Waals surface area contributed by atoms with Crippen LogP contribution in [0, 0.1) is 28.1 Å². The molecule has 2 fully saturated rings. The Morgan fingerprint density at radius 1 is 1.29 bits per heavy atom. The van der Waals surface area contributed by atoms with E-state index in [0.29, 0.717) is 23.4 Å². The van der Waals surface area contributed by atoms with Gasteiger partial charge in [0.05, 0.1) is 0 Å². The van der Waals surface area contributed by atoms with E-state index in [1.165, 1.54) is 38.5 Å². The second-order valence-electron chi connectivity index (χ2n) is 8.84. The van der Waals surface area contributed by atoms with Crippen molar-refractivity contribution >= 4 is 0 Å². The number of fused-ring (bicyclic) bond motifs is 3. The van der Waals surface area contributed by atoms with E-state index in [2.05, 4.69) is 39.5 Å². The molecule has 21 heavy (non-hydrogen) atoms. The van der Waals surface area contributed by atoms with Crippen LogP contribution >= 0.6 is 0 Å². The van der Waals surface area contributed by atoms with Crippen LogP contribution in [0.25, 0.3) is 0 Å². The number of hydrogen-bond acceptors (Lipinski definition) is 1. The van der Waals surface area contributed by atoms with Crippen LogP contribution in [0.5, 0.6) is 0 Å². The van der Waals surface area contributed by atoms with Gasteiger partial charge in [0.2, 0.25) is 0 Å². The Morgan fingerprint density at radius 3 is 2.71 bits per heavy atom. The number of allylic oxidation sites excluding steroid dienone is 3. The van der Waals surface area contributed by atoms with Gasteiger partial charge in [-0.1, -0.05) is 44.9 Å². The van der Waals surface area contributed by atoms with Crippen molar-refractivity contribution in [1.29, 1.82) is 0 Å². The fourth-order valence-corrected chi connectivity index (χ4v) is 5.94. The monoisotopic (exact) mass is 288 g/mol. The molecule has 0 aromatic carbocycles. The van der Waals surface area contributed by atoms with Crippen LogP contribution in [0.15, 0.2) is 24.3 Å². The maximum Gasteiger partial charge on any atom is 0.0487 e. The van der Waals surface area contributed by atoms with Gasteiger partial charge in [0, 0.05) is 6.61 Å². The Labute approximate surface area is 130 Å². The molecule has 3 aliphatic rings. The van der Waals surface area contributed by atoms with Crippen molar-refractivity contribution in [3.05, 3.63) is 24.3 Å². The van der Waals surface area contributed by atoms with Gasteiger partial charge in [-0.25, -0.2) is 0 Å². The molecule has 0 aliphatic heterocycles. The predicted molar refractivity (Wildman–Crippen MR) is 89.0 cm³/mol. The van der Waals surface area contributed by atoms with Crippen LogP contribution in [0.3, 0.4) is 0 Å². The molecule has 0 radical (unpaired) electrons. The predicted octanol–water partition coefficient (Wildman–Crippen LogP) is 5.11. The summed E-state index contributed by atoms with van der Waals surface area (Å²) in [6, 6.07) is 0. The molecule has 0 bridgehead atoms. The summed E-state index contributed by atoms with van der Waals surface area (Å²) >= 11 is 0. The zero-order valence-electron chi connectivity index (χ0n) is 14.1. The molecule has 0 spiro atoms. The Kier molecular flexibility index (Phi) is 3.64. The summed E-state index contributed by atoms with van der Waals surface area (Å²) < 4.78 is 0. The first-order valence-electron chi connectivity index (χ1n) is 8.82. The van der Waals surface area contributed by atoms with E-state index < -0.39 is 0 Å². The van der Waals surface area contributed by atoms with Crippen LogP contribution in [-0.2, 0) is 0 Å². The van der Waals surface area contributed by atoms with Crippen LogP contribution in [0.4, 0.5) is 0 Å². The van der Waals surface area contributed by atoms with E-state index in [-0.39, 0.29) is 5.41 Å². The van der Waals surface area contributed by atoms with Gasteiger partial charge in [0.25, 0.3) is 0 Å². The Bertz CT molecular complexity index is 464. The van der Waals surface area contributed by atoms with Crippen LogP contribution < -0.4 is 0 Å². The molecule has 3 rings (SSSR count). The highest BCUT2D eigenvalue weighted by Gasteiger charge is 2.54. The van der Waals surface area contributed by atoms with E-state index in [1.54, 1.807) is 5.57 Å². The van der Waals surface area contributed by atoms with E-state index in [1.807, 2.05) is 0 Å². The molecule has 1 heteroatoms. The van der Waals surface area contributed by atoms with Crippen LogP contribution in [0.1, 0.15) is 65.7 Å². The van der Waals surface area contributed by atoms with Crippen molar-refractivity contribution in [2.45, 2.75) is 65.7 Å². The molecule has 0 aromatic rings. The molecule has 118 valence electrons. The summed E-state index contributed by atoms with van der Waals surface area (Å²) in [4.78, 5) is 0. The average Bonchev–Trinajstić information content (AvgIpc) is 2.46. The minimum Gasteiger partial charge on any atom is -0.396 e. The molecule has 3 aliphatic carbocycles. The molecule has 5 atom stereocenters. The smallest absolute Gasteiger partial charge is 0.0487 e. The van der Waals surface area contributed by atoms with Crippen LogP contribution in [0.2, 0.25) is 0 Å². The summed E-state index contributed by atoms with van der Waals surface area (Å²) in [5.74, 6) is 1.42. The Hall–Kier alpha value is -0.560. The quantitative estimate of drug-likeness (QED) is 0.700. The van der Waals surface area contributed by atoms with Gasteiger partial charge < -0.3 is 5.11 Å². The lowest BCUT2D eigenvalue weighted by Crippen LogP contribution is -2.51. The summed E-state index contributed by atoms with van der Waals surface area (Å²) in [5.41, 5.74) is 2.50. The highest BCUT2D eigenvalue weighted by Crippen LogP contribution is 2.63. The molecular weight excluding hydrogens is 256 g/mol. The highest BCUT2D eigenvalue weighted by molar-refractivity contribution is 5.28. The number of rotatable bonds is 2. The van der Waals surface area contributed by atoms with Crippen molar-refractivity contribution in [1.82, 2.24) is 0 Å². The minimum atomic E-state index is 0.137. The lowest BCUT2D eigenvalue weighted by Gasteiger charge is -2.59. The summed E-state index contributed by atoms with van der Waals surface area (Å²) in [7, 11) is 0. The summed E-state index contributed by atoms with van der Waals surface area (Å²) in [5, 5.41) is 9.99. The van der Waals surface area contributed by atoms with Gasteiger partial charge in [-0.2, -0.15) is 0 Å². The van der Waals surface area contributed by atoms with E-state index in [9.17, 15) is 5.11 Å². The Morgan fingerprint density at radius 2 is 2.05 bits per heavy atom. The lowest BCUT2D eigenvalue weighted by atomic mass is 9.46. The lowest BCUT2D eigenvalue weighted by molar-refractivity contribution is -0.0558. The SMILES string of the molecule is C=C[C@]1(C)CC=C2[C@@H](CC[C@H]3[C@](C)(CO)CCC[C@@]23C)C1. The highest BCUT2D eigenvalue weighted by atomic mass is 16.3. The average molecular weight is 288 g/mol. The normalized spacial score (nSPS) is 49.8. The van der Waals surface area contributed by atoms with Crippen molar-refractivity contribution < 1.29 is 5.11 Å². The van der Waals surface area contributed by atoms with Crippen molar-refractivity contribution in [2.24, 2.45) is 28.1 Å². The Balaban J connectivity index is 1.96. The van der Waals surface area contributed by atoms with Gasteiger partial charge in [0.1, 0.15) is 0 Å². The third-order valence-electron chi connectivity index (χ3n) is 7.31. The fraction of sp³-hybridized carbons (Fsp3) is 0.800. The van der Waals surface area contributed by atoms with Gasteiger partial charge in [-0.15, -0.1) is 6.58 Å². The maximum absolute atomic E-state index is 9.99. The second-order valence-corrected chi connectivity index (χ2v) is 8.84. The largest absolute Gasteiger partial charge is 0.396 e. The van der Waals surface area contributed by atoms with E-state index in [4.69, 9.17) is 0 Å². The van der Waals surface area contributed by atoms with Crippen molar-refractivity contribution in [3.63, 3.8) is 0 Å². The first kappa shape index (κ1) is 15.3. The molecule has 0 saturated heterocycles. The zero-order valence-corrected chi connectivity index (χ0v) is 14.1. The molecule has 2 saturated carbocycles. The topological polar surface area (TPSA) is 20.2 Å². The number of hydrogen-bond donors (Lipinski definition) is 1. The van der Waals surface area contributed by atoms with Gasteiger partial charge in [-0.3, -0.25) is 0 Å². The molecule has 0 amide bonds. The van der Waals surface area contributed by atoms with Gasteiger partial charge in [-0.05, 0) is 66.6 Å². The van der Waals surface area contributed by atoms with Crippen molar-refractivity contribution in [2.75, 3.05) is 6.61 Å². The number of aliphatic hydroxyl groups excluding tert-OH is 1. The fourth-order valence-electron chi connectivity index (χ4n) is 5.94. The molecule has 0 heterocycles. The minimum absolute atomic E-state index is 0.137. The molecule has 1 N–H and O–H groups in total. The first-order chi connectivity index (χ1) is 9.87. The van der Waals surface area contributed by atoms with Gasteiger partial charge in [0.15, 0.2) is 0 Å². The molecule has 0 aromatic heterocycles. The standard InChI is InChI=1S/C20H32O/c1-5-18(2)12-9-16-15(13-18)7-8-17-19(3,14-21)10-6-11-20(16,17)4/h5,9,15,17,21H,1,6-8,10-14H2,2-4H3/t15-,17-,18+,19-,20-/m0/s1. The van der Waals surface area contributed by atoms with Crippen LogP contribution in [-0.4, -0.2) is 11.7 Å². The summed E-state index contributed by atoms with van der Waals surface area (Å²) in [6.07, 6.45) is 13.6. The second kappa shape index (κ2) is 4.98. The van der Waals surface area contributed by atoms with Crippen molar-refractivity contribution in [3.8, 4) is 0 Å². The molecular formula is C20H32O. The first-order valence-corrected chi connectivity index (χ1v) is 8.82. The molecule has 1 nitrogen and oxygen atoms in total. The summed E-state index contributed by atoms with van der Waals surface area (Å²) in [6.45, 7) is 11.6. The van der Waals surface area contributed by atoms with E-state index in [0.717, 1.165) is 12.3 Å². The third kappa shape index (κ3) is 2.23. The number of aliphatic hydroxyl groups is 1.